The van der Waals surface area contributed by atoms with E-state index in [0.29, 0.717) is 18.6 Å². The van der Waals surface area contributed by atoms with Crippen molar-refractivity contribution in [3.05, 3.63) is 41.5 Å². The fourth-order valence-electron chi connectivity index (χ4n) is 2.50. The molecule has 2 N–H and O–H groups in total. The molecule has 5 heteroatoms. The van der Waals surface area contributed by atoms with Gasteiger partial charge in [-0.05, 0) is 43.9 Å². The standard InChI is InChI=1S/C17H21NO4/c1-4-5-6-14(17(20)21)18-16(19)13-9-22-15-8-11(3)10(2)7-12(13)15/h4,7-8,13-14H,1,5-6,9H2,2-3H3,(H,18,19)(H,20,21). The van der Waals surface area contributed by atoms with E-state index in [2.05, 4.69) is 11.9 Å². The van der Waals surface area contributed by atoms with E-state index in [-0.39, 0.29) is 12.5 Å². The van der Waals surface area contributed by atoms with Crippen LogP contribution in [0.5, 0.6) is 5.75 Å². The largest absolute Gasteiger partial charge is 0.492 e. The summed E-state index contributed by atoms with van der Waals surface area (Å²) in [6.45, 7) is 7.79. The average Bonchev–Trinajstić information content (AvgIpc) is 2.86. The van der Waals surface area contributed by atoms with Crippen molar-refractivity contribution in [2.24, 2.45) is 0 Å². The number of aliphatic carboxylic acids is 1. The van der Waals surface area contributed by atoms with Crippen molar-refractivity contribution in [2.75, 3.05) is 6.61 Å². The Morgan fingerprint density at radius 1 is 1.45 bits per heavy atom. The molecule has 2 atom stereocenters. The molecule has 0 spiro atoms. The molecule has 1 amide bonds. The second kappa shape index (κ2) is 6.64. The third kappa shape index (κ3) is 3.30. The van der Waals surface area contributed by atoms with Gasteiger partial charge in [-0.2, -0.15) is 0 Å². The summed E-state index contributed by atoms with van der Waals surface area (Å²) < 4.78 is 5.57. The van der Waals surface area contributed by atoms with E-state index in [1.807, 2.05) is 26.0 Å². The van der Waals surface area contributed by atoms with Gasteiger partial charge in [-0.25, -0.2) is 4.79 Å². The van der Waals surface area contributed by atoms with Crippen LogP contribution in [-0.2, 0) is 9.59 Å². The van der Waals surface area contributed by atoms with Gasteiger partial charge in [0.25, 0.3) is 0 Å². The number of carbonyl (C=O) groups is 2. The van der Waals surface area contributed by atoms with Crippen molar-refractivity contribution in [1.82, 2.24) is 5.32 Å². The van der Waals surface area contributed by atoms with E-state index in [4.69, 9.17) is 4.74 Å². The zero-order valence-corrected chi connectivity index (χ0v) is 12.9. The Bertz CT molecular complexity index is 609. The minimum atomic E-state index is -1.03. The van der Waals surface area contributed by atoms with E-state index < -0.39 is 17.9 Å². The van der Waals surface area contributed by atoms with Crippen molar-refractivity contribution < 1.29 is 19.4 Å². The second-order valence-corrected chi connectivity index (χ2v) is 5.60. The van der Waals surface area contributed by atoms with Crippen LogP contribution in [0.2, 0.25) is 0 Å². The molecule has 0 bridgehead atoms. The van der Waals surface area contributed by atoms with Gasteiger partial charge < -0.3 is 15.2 Å². The maximum atomic E-state index is 12.4. The first-order chi connectivity index (χ1) is 10.4. The van der Waals surface area contributed by atoms with Gasteiger partial charge in [-0.1, -0.05) is 12.1 Å². The summed E-state index contributed by atoms with van der Waals surface area (Å²) in [6, 6.07) is 2.97. The molecule has 118 valence electrons. The minimum Gasteiger partial charge on any atom is -0.492 e. The minimum absolute atomic E-state index is 0.248. The Labute approximate surface area is 130 Å². The van der Waals surface area contributed by atoms with Gasteiger partial charge >= 0.3 is 5.97 Å². The topological polar surface area (TPSA) is 75.6 Å². The van der Waals surface area contributed by atoms with Crippen LogP contribution in [-0.4, -0.2) is 29.6 Å². The van der Waals surface area contributed by atoms with Gasteiger partial charge in [0.1, 0.15) is 24.3 Å². The summed E-state index contributed by atoms with van der Waals surface area (Å²) in [5.41, 5.74) is 3.02. The van der Waals surface area contributed by atoms with Crippen LogP contribution >= 0.6 is 0 Å². The highest BCUT2D eigenvalue weighted by atomic mass is 16.5. The molecular formula is C17H21NO4. The van der Waals surface area contributed by atoms with Crippen LogP contribution < -0.4 is 10.1 Å². The highest BCUT2D eigenvalue weighted by molar-refractivity contribution is 5.89. The average molecular weight is 303 g/mol. The fraction of sp³-hybridized carbons (Fsp3) is 0.412. The number of fused-ring (bicyclic) bond motifs is 1. The lowest BCUT2D eigenvalue weighted by Gasteiger charge is -2.16. The molecular weight excluding hydrogens is 282 g/mol. The molecule has 2 rings (SSSR count). The van der Waals surface area contributed by atoms with Gasteiger partial charge in [-0.3, -0.25) is 4.79 Å². The number of allylic oxidation sites excluding steroid dienone is 1. The number of rotatable bonds is 6. The van der Waals surface area contributed by atoms with Crippen molar-refractivity contribution in [3.63, 3.8) is 0 Å². The second-order valence-electron chi connectivity index (χ2n) is 5.60. The molecule has 0 saturated heterocycles. The molecule has 1 aromatic carbocycles. The number of hydrogen-bond donors (Lipinski definition) is 2. The number of carbonyl (C=O) groups excluding carboxylic acids is 1. The Hall–Kier alpha value is -2.30. The number of amides is 1. The monoisotopic (exact) mass is 303 g/mol. The molecule has 22 heavy (non-hydrogen) atoms. The van der Waals surface area contributed by atoms with E-state index in [1.54, 1.807) is 6.08 Å². The number of hydrogen-bond acceptors (Lipinski definition) is 3. The Morgan fingerprint density at radius 2 is 2.14 bits per heavy atom. The molecule has 1 aliphatic rings. The SMILES string of the molecule is C=CCCC(NC(=O)C1COc2cc(C)c(C)cc21)C(=O)O. The first-order valence-electron chi connectivity index (χ1n) is 7.32. The van der Waals surface area contributed by atoms with Crippen LogP contribution in [0.3, 0.4) is 0 Å². The number of carboxylic acids is 1. The third-order valence-corrected chi connectivity index (χ3v) is 4.00. The van der Waals surface area contributed by atoms with Crippen LogP contribution in [0.1, 0.15) is 35.4 Å². The van der Waals surface area contributed by atoms with E-state index in [1.165, 1.54) is 0 Å². The first kappa shape index (κ1) is 16.1. The molecule has 0 aromatic heterocycles. The predicted molar refractivity (Wildman–Crippen MR) is 83.1 cm³/mol. The molecule has 5 nitrogen and oxygen atoms in total. The van der Waals surface area contributed by atoms with Crippen molar-refractivity contribution in [2.45, 2.75) is 38.6 Å². The third-order valence-electron chi connectivity index (χ3n) is 4.00. The number of benzene rings is 1. The molecule has 0 aliphatic carbocycles. The first-order valence-corrected chi connectivity index (χ1v) is 7.32. The lowest BCUT2D eigenvalue weighted by molar-refractivity contribution is -0.142. The number of carboxylic acid groups (broad SMARTS) is 1. The zero-order valence-electron chi connectivity index (χ0n) is 12.9. The molecule has 0 fully saturated rings. The highest BCUT2D eigenvalue weighted by Crippen LogP contribution is 2.36. The van der Waals surface area contributed by atoms with Crippen LogP contribution in [0.25, 0.3) is 0 Å². The molecule has 1 heterocycles. The fourth-order valence-corrected chi connectivity index (χ4v) is 2.50. The molecule has 1 aliphatic heterocycles. The number of nitrogens with one attached hydrogen (secondary N) is 1. The van der Waals surface area contributed by atoms with Gasteiger partial charge in [0, 0.05) is 5.56 Å². The Kier molecular flexibility index (Phi) is 4.85. The molecule has 2 unspecified atom stereocenters. The summed E-state index contributed by atoms with van der Waals surface area (Å²) >= 11 is 0. The molecule has 0 saturated carbocycles. The Balaban J connectivity index is 2.13. The zero-order chi connectivity index (χ0) is 16.3. The number of ether oxygens (including phenoxy) is 1. The van der Waals surface area contributed by atoms with Crippen molar-refractivity contribution >= 4 is 11.9 Å². The van der Waals surface area contributed by atoms with Gasteiger partial charge in [-0.15, -0.1) is 6.58 Å². The van der Waals surface area contributed by atoms with Gasteiger partial charge in [0.15, 0.2) is 0 Å². The lowest BCUT2D eigenvalue weighted by Crippen LogP contribution is -2.43. The van der Waals surface area contributed by atoms with Crippen LogP contribution in [0, 0.1) is 13.8 Å². The summed E-state index contributed by atoms with van der Waals surface area (Å²) in [7, 11) is 0. The summed E-state index contributed by atoms with van der Waals surface area (Å²) in [6.07, 6.45) is 2.51. The summed E-state index contributed by atoms with van der Waals surface area (Å²) in [5, 5.41) is 11.8. The lowest BCUT2D eigenvalue weighted by atomic mass is 9.96. The van der Waals surface area contributed by atoms with Crippen molar-refractivity contribution in [3.8, 4) is 5.75 Å². The van der Waals surface area contributed by atoms with Gasteiger partial charge in [0.2, 0.25) is 5.91 Å². The van der Waals surface area contributed by atoms with E-state index in [9.17, 15) is 14.7 Å². The quantitative estimate of drug-likeness (QED) is 0.791. The maximum absolute atomic E-state index is 12.4. The number of aryl methyl sites for hydroxylation is 2. The summed E-state index contributed by atoms with van der Waals surface area (Å²) in [5.74, 6) is -1.09. The van der Waals surface area contributed by atoms with Crippen LogP contribution in [0.15, 0.2) is 24.8 Å². The molecule has 1 aromatic rings. The Morgan fingerprint density at radius 3 is 2.77 bits per heavy atom. The maximum Gasteiger partial charge on any atom is 0.326 e. The normalized spacial score (nSPS) is 17.3. The van der Waals surface area contributed by atoms with Gasteiger partial charge in [0.05, 0.1) is 0 Å². The molecule has 0 radical (unpaired) electrons. The van der Waals surface area contributed by atoms with E-state index in [0.717, 1.165) is 16.7 Å². The highest BCUT2D eigenvalue weighted by Gasteiger charge is 2.33. The van der Waals surface area contributed by atoms with E-state index >= 15 is 0 Å². The summed E-state index contributed by atoms with van der Waals surface area (Å²) in [4.78, 5) is 23.6. The predicted octanol–water partition coefficient (Wildman–Crippen LogP) is 2.32. The smallest absolute Gasteiger partial charge is 0.326 e. The van der Waals surface area contributed by atoms with Crippen molar-refractivity contribution in [1.29, 1.82) is 0 Å². The van der Waals surface area contributed by atoms with Crippen LogP contribution in [0.4, 0.5) is 0 Å².